The van der Waals surface area contributed by atoms with Crippen LogP contribution in [0.2, 0.25) is 5.02 Å². The lowest BCUT2D eigenvalue weighted by Gasteiger charge is -2.22. The van der Waals surface area contributed by atoms with E-state index in [1.54, 1.807) is 0 Å². The third kappa shape index (κ3) is 3.62. The number of urea groups is 1. The van der Waals surface area contributed by atoms with Gasteiger partial charge in [0.1, 0.15) is 11.4 Å². The van der Waals surface area contributed by atoms with Gasteiger partial charge < -0.3 is 16.0 Å². The fraction of sp³-hybridized carbons (Fsp3) is 0.263. The monoisotopic (exact) mass is 505 g/mol. The Morgan fingerprint density at radius 2 is 1.93 bits per heavy atom. The summed E-state index contributed by atoms with van der Waals surface area (Å²) in [7, 11) is 0. The largest absolute Gasteiger partial charge is 0.411 e. The van der Waals surface area contributed by atoms with Crippen LogP contribution in [0.1, 0.15) is 40.4 Å². The number of anilines is 1. The molecule has 0 saturated heterocycles. The molecule has 1 unspecified atom stereocenters. The summed E-state index contributed by atoms with van der Waals surface area (Å²) < 4.78 is 53.6. The number of hydrogen-bond donors (Lipinski definition) is 3. The zero-order valence-electron chi connectivity index (χ0n) is 15.0. The number of fused-ring (bicyclic) bond motifs is 1. The first-order valence-electron chi connectivity index (χ1n) is 8.76. The van der Waals surface area contributed by atoms with E-state index in [4.69, 9.17) is 11.6 Å². The smallest absolute Gasteiger partial charge is 0.341 e. The number of amides is 3. The number of benzene rings is 2. The molecule has 0 aromatic heterocycles. The zero-order valence-corrected chi connectivity index (χ0v) is 17.3. The fourth-order valence-corrected chi connectivity index (χ4v) is 4.13. The highest BCUT2D eigenvalue weighted by molar-refractivity contribution is 9.10. The summed E-state index contributed by atoms with van der Waals surface area (Å²) in [6.45, 7) is 0. The van der Waals surface area contributed by atoms with Crippen molar-refractivity contribution < 1.29 is 27.2 Å². The van der Waals surface area contributed by atoms with Crippen LogP contribution in [0.3, 0.4) is 0 Å². The van der Waals surface area contributed by atoms with Crippen molar-refractivity contribution >= 4 is 45.2 Å². The number of carbonyl (C=O) groups excluding carboxylic acids is 2. The van der Waals surface area contributed by atoms with Crippen LogP contribution in [0.25, 0.3) is 0 Å². The standard InChI is InChI=1S/C19H13BrClF4N3O2/c20-8-5-11-14(15(27-16(11)29)10-7-9(22)1-2-12(10)21)13(6-8)26-17(30)28-18(3-4-18)19(23,24)25/h1-2,5-7,15H,3-4H2,(H,27,29)(H2,26,28,30). The van der Waals surface area contributed by atoms with Crippen LogP contribution in [0.5, 0.6) is 0 Å². The number of rotatable bonds is 3. The molecule has 1 aliphatic carbocycles. The second-order valence-corrected chi connectivity index (χ2v) is 8.47. The Balaban J connectivity index is 1.71. The van der Waals surface area contributed by atoms with Crippen molar-refractivity contribution in [2.45, 2.75) is 30.6 Å². The Morgan fingerprint density at radius 3 is 2.57 bits per heavy atom. The zero-order chi connectivity index (χ0) is 21.8. The molecule has 30 heavy (non-hydrogen) atoms. The molecule has 11 heteroatoms. The number of carbonyl (C=O) groups is 2. The Morgan fingerprint density at radius 1 is 1.23 bits per heavy atom. The molecule has 2 aromatic carbocycles. The lowest BCUT2D eigenvalue weighted by atomic mass is 9.96. The van der Waals surface area contributed by atoms with E-state index in [2.05, 4.69) is 26.6 Å². The van der Waals surface area contributed by atoms with E-state index < -0.39 is 35.5 Å². The third-order valence-corrected chi connectivity index (χ3v) is 5.92. The average Bonchev–Trinajstić information content (AvgIpc) is 3.35. The first-order chi connectivity index (χ1) is 14.0. The van der Waals surface area contributed by atoms with E-state index in [1.165, 1.54) is 18.2 Å². The van der Waals surface area contributed by atoms with Gasteiger partial charge in [-0.15, -0.1) is 0 Å². The van der Waals surface area contributed by atoms with Crippen LogP contribution in [-0.4, -0.2) is 23.7 Å². The molecule has 1 atom stereocenters. The summed E-state index contributed by atoms with van der Waals surface area (Å²) in [6.07, 6.45) is -4.98. The lowest BCUT2D eigenvalue weighted by molar-refractivity contribution is -0.162. The molecule has 3 amide bonds. The molecule has 0 radical (unpaired) electrons. The van der Waals surface area contributed by atoms with Gasteiger partial charge in [-0.05, 0) is 43.2 Å². The summed E-state index contributed by atoms with van der Waals surface area (Å²) in [5.74, 6) is -1.07. The average molecular weight is 507 g/mol. The Hall–Kier alpha value is -2.33. The van der Waals surface area contributed by atoms with E-state index in [1.807, 2.05) is 5.32 Å². The minimum Gasteiger partial charge on any atom is -0.341 e. The van der Waals surface area contributed by atoms with Gasteiger partial charge in [-0.2, -0.15) is 13.2 Å². The van der Waals surface area contributed by atoms with Gasteiger partial charge in [0.2, 0.25) is 0 Å². The molecule has 3 N–H and O–H groups in total. The van der Waals surface area contributed by atoms with Crippen LogP contribution >= 0.6 is 27.5 Å². The van der Waals surface area contributed by atoms with Crippen LogP contribution in [0.15, 0.2) is 34.8 Å². The normalized spacial score (nSPS) is 19.1. The van der Waals surface area contributed by atoms with E-state index in [-0.39, 0.29) is 40.2 Å². The molecule has 0 bridgehead atoms. The second kappa shape index (κ2) is 7.12. The van der Waals surface area contributed by atoms with Crippen molar-refractivity contribution in [2.24, 2.45) is 0 Å². The van der Waals surface area contributed by atoms with E-state index in [0.717, 1.165) is 12.1 Å². The SMILES string of the molecule is O=C(Nc1cc(Br)cc2c1C(c1cc(F)ccc1Cl)NC2=O)NC1(C(F)(F)F)CC1. The molecule has 2 aromatic rings. The highest BCUT2D eigenvalue weighted by Gasteiger charge is 2.64. The molecule has 1 aliphatic heterocycles. The first-order valence-corrected chi connectivity index (χ1v) is 9.93. The Bertz CT molecular complexity index is 1070. The Labute approximate surface area is 181 Å². The molecule has 1 saturated carbocycles. The minimum atomic E-state index is -4.57. The number of halogens is 6. The van der Waals surface area contributed by atoms with Crippen molar-refractivity contribution in [1.82, 2.24) is 10.6 Å². The van der Waals surface area contributed by atoms with Crippen molar-refractivity contribution in [2.75, 3.05) is 5.32 Å². The van der Waals surface area contributed by atoms with Gasteiger partial charge in [-0.1, -0.05) is 27.5 Å². The van der Waals surface area contributed by atoms with Gasteiger partial charge in [0.15, 0.2) is 0 Å². The van der Waals surface area contributed by atoms with Crippen LogP contribution in [0, 0.1) is 5.82 Å². The molecule has 1 heterocycles. The highest BCUT2D eigenvalue weighted by atomic mass is 79.9. The lowest BCUT2D eigenvalue weighted by Crippen LogP contribution is -2.49. The molecular formula is C19H13BrClF4N3O2. The summed E-state index contributed by atoms with van der Waals surface area (Å²) in [4.78, 5) is 24.8. The maximum atomic E-state index is 13.8. The van der Waals surface area contributed by atoms with Gasteiger partial charge in [0.05, 0.1) is 6.04 Å². The number of alkyl halides is 3. The summed E-state index contributed by atoms with van der Waals surface area (Å²) in [5.41, 5.74) is -1.43. The van der Waals surface area contributed by atoms with Crippen molar-refractivity contribution in [1.29, 1.82) is 0 Å². The molecule has 5 nitrogen and oxygen atoms in total. The predicted molar refractivity (Wildman–Crippen MR) is 105 cm³/mol. The molecular weight excluding hydrogens is 494 g/mol. The topological polar surface area (TPSA) is 70.2 Å². The molecule has 2 aliphatic rings. The minimum absolute atomic E-state index is 0.0959. The molecule has 0 spiro atoms. The number of nitrogens with one attached hydrogen (secondary N) is 3. The quantitative estimate of drug-likeness (QED) is 0.495. The van der Waals surface area contributed by atoms with Gasteiger partial charge >= 0.3 is 12.2 Å². The van der Waals surface area contributed by atoms with Crippen LogP contribution in [-0.2, 0) is 0 Å². The van der Waals surface area contributed by atoms with E-state index >= 15 is 0 Å². The van der Waals surface area contributed by atoms with Crippen molar-refractivity contribution in [3.05, 3.63) is 62.3 Å². The Kier molecular flexibility index (Phi) is 4.97. The maximum absolute atomic E-state index is 13.8. The van der Waals surface area contributed by atoms with Gasteiger partial charge in [0, 0.05) is 31.9 Å². The van der Waals surface area contributed by atoms with E-state index in [0.29, 0.717) is 4.47 Å². The van der Waals surface area contributed by atoms with Crippen LogP contribution in [0.4, 0.5) is 28.0 Å². The summed E-state index contributed by atoms with van der Waals surface area (Å²) in [5, 5.41) is 7.22. The molecule has 158 valence electrons. The van der Waals surface area contributed by atoms with Gasteiger partial charge in [-0.3, -0.25) is 4.79 Å². The van der Waals surface area contributed by atoms with Crippen LogP contribution < -0.4 is 16.0 Å². The molecule has 4 rings (SSSR count). The van der Waals surface area contributed by atoms with Gasteiger partial charge in [-0.25, -0.2) is 9.18 Å². The van der Waals surface area contributed by atoms with Gasteiger partial charge in [0.25, 0.3) is 5.91 Å². The highest BCUT2D eigenvalue weighted by Crippen LogP contribution is 2.49. The van der Waals surface area contributed by atoms with Crippen molar-refractivity contribution in [3.63, 3.8) is 0 Å². The number of hydrogen-bond acceptors (Lipinski definition) is 2. The second-order valence-electron chi connectivity index (χ2n) is 7.15. The summed E-state index contributed by atoms with van der Waals surface area (Å²) >= 11 is 9.40. The van der Waals surface area contributed by atoms with E-state index in [9.17, 15) is 27.2 Å². The third-order valence-electron chi connectivity index (χ3n) is 5.12. The maximum Gasteiger partial charge on any atom is 0.411 e. The molecule has 1 fully saturated rings. The summed E-state index contributed by atoms with van der Waals surface area (Å²) in [6, 6.07) is 4.63. The fourth-order valence-electron chi connectivity index (χ4n) is 3.45. The first kappa shape index (κ1) is 20.9. The van der Waals surface area contributed by atoms with Crippen molar-refractivity contribution in [3.8, 4) is 0 Å². The predicted octanol–water partition coefficient (Wildman–Crippen LogP) is 5.29.